The highest BCUT2D eigenvalue weighted by molar-refractivity contribution is 7.81. The second-order valence-corrected chi connectivity index (χ2v) is 7.74. The zero-order chi connectivity index (χ0) is 15.8. The summed E-state index contributed by atoms with van der Waals surface area (Å²) in [5.41, 5.74) is -0.350. The fourth-order valence-electron chi connectivity index (χ4n) is 5.51. The molecule has 0 radical (unpaired) electrons. The summed E-state index contributed by atoms with van der Waals surface area (Å²) >= 11 is 3.86. The number of rotatable bonds is 7. The predicted octanol–water partition coefficient (Wildman–Crippen LogP) is 0.955. The average molecular weight is 327 g/mol. The molecule has 2 atom stereocenters. The summed E-state index contributed by atoms with van der Waals surface area (Å²) in [5, 5.41) is 11.1. The Labute approximate surface area is 136 Å². The lowest BCUT2D eigenvalue weighted by Crippen LogP contribution is -2.58. The van der Waals surface area contributed by atoms with E-state index in [4.69, 9.17) is 9.47 Å². The van der Waals surface area contributed by atoms with Crippen molar-refractivity contribution >= 4 is 24.6 Å². The normalized spacial score (nSPS) is 39.0. The quantitative estimate of drug-likeness (QED) is 0.428. The van der Waals surface area contributed by atoms with Crippen LogP contribution in [0.25, 0.3) is 0 Å². The highest BCUT2D eigenvalue weighted by Gasteiger charge is 2.58. The Kier molecular flexibility index (Phi) is 4.42. The first-order chi connectivity index (χ1) is 10.4. The summed E-state index contributed by atoms with van der Waals surface area (Å²) in [5.74, 6) is -0.0730. The van der Waals surface area contributed by atoms with Crippen molar-refractivity contribution in [2.24, 2.45) is 17.3 Å². The molecule has 124 valence electrons. The van der Waals surface area contributed by atoms with Crippen LogP contribution in [0.1, 0.15) is 44.9 Å². The van der Waals surface area contributed by atoms with Crippen LogP contribution in [0.3, 0.4) is 0 Å². The maximum atomic E-state index is 11.1. The molecule has 4 aliphatic rings. The number of hydrogen-bond donors (Lipinski definition) is 1. The van der Waals surface area contributed by atoms with Crippen LogP contribution >= 0.6 is 12.6 Å². The van der Waals surface area contributed by atoms with Gasteiger partial charge in [-0.25, -0.2) is 0 Å². The number of carbonyl (C=O) groups is 2. The van der Waals surface area contributed by atoms with Crippen LogP contribution < -0.4 is 5.11 Å². The van der Waals surface area contributed by atoms with Gasteiger partial charge in [-0.05, 0) is 62.2 Å². The van der Waals surface area contributed by atoms with Crippen molar-refractivity contribution in [2.45, 2.75) is 50.5 Å². The van der Waals surface area contributed by atoms with E-state index >= 15 is 0 Å². The molecular formula is C16H23O5S-. The van der Waals surface area contributed by atoms with Crippen LogP contribution in [0.5, 0.6) is 0 Å². The molecule has 0 aliphatic heterocycles. The zero-order valence-corrected chi connectivity index (χ0v) is 13.6. The highest BCUT2D eigenvalue weighted by Crippen LogP contribution is 2.63. The molecule has 6 heteroatoms. The molecule has 4 aliphatic carbocycles. The molecule has 4 saturated carbocycles. The molecule has 4 rings (SSSR count). The monoisotopic (exact) mass is 327 g/mol. The van der Waals surface area contributed by atoms with E-state index in [0.717, 1.165) is 32.1 Å². The van der Waals surface area contributed by atoms with E-state index in [2.05, 4.69) is 12.6 Å². The highest BCUT2D eigenvalue weighted by atomic mass is 32.1. The fraction of sp³-hybridized carbons (Fsp3) is 0.875. The van der Waals surface area contributed by atoms with Crippen LogP contribution in [-0.4, -0.2) is 36.5 Å². The topological polar surface area (TPSA) is 75.7 Å². The molecule has 0 saturated heterocycles. The molecule has 0 heterocycles. The third kappa shape index (κ3) is 3.27. The van der Waals surface area contributed by atoms with Crippen LogP contribution in [-0.2, 0) is 19.1 Å². The Balaban J connectivity index is 1.61. The second-order valence-electron chi connectivity index (χ2n) is 7.42. The van der Waals surface area contributed by atoms with Gasteiger partial charge in [0.2, 0.25) is 0 Å². The number of esters is 1. The van der Waals surface area contributed by atoms with Gasteiger partial charge in [0.05, 0.1) is 18.0 Å². The first-order valence-electron chi connectivity index (χ1n) is 8.05. The van der Waals surface area contributed by atoms with Crippen molar-refractivity contribution < 1.29 is 24.2 Å². The molecule has 2 unspecified atom stereocenters. The molecular weight excluding hydrogens is 304 g/mol. The van der Waals surface area contributed by atoms with Gasteiger partial charge < -0.3 is 19.4 Å². The minimum absolute atomic E-state index is 0.0734. The molecule has 0 aromatic rings. The van der Waals surface area contributed by atoms with Crippen molar-refractivity contribution in [3.63, 3.8) is 0 Å². The Morgan fingerprint density at radius 2 is 1.82 bits per heavy atom. The van der Waals surface area contributed by atoms with Crippen molar-refractivity contribution in [1.29, 1.82) is 0 Å². The summed E-state index contributed by atoms with van der Waals surface area (Å²) in [7, 11) is 0. The molecule has 0 amide bonds. The first-order valence-corrected chi connectivity index (χ1v) is 8.68. The van der Waals surface area contributed by atoms with Gasteiger partial charge in [0.25, 0.3) is 0 Å². The molecule has 0 N–H and O–H groups in total. The van der Waals surface area contributed by atoms with E-state index in [-0.39, 0.29) is 35.8 Å². The molecule has 0 aromatic heterocycles. The zero-order valence-electron chi connectivity index (χ0n) is 12.7. The minimum Gasteiger partial charge on any atom is -0.550 e. The van der Waals surface area contributed by atoms with Crippen LogP contribution in [0.4, 0.5) is 0 Å². The Hall–Kier alpha value is -0.750. The van der Waals surface area contributed by atoms with Gasteiger partial charge in [-0.3, -0.25) is 4.79 Å². The van der Waals surface area contributed by atoms with Crippen molar-refractivity contribution in [3.8, 4) is 0 Å². The smallest absolute Gasteiger partial charge is 0.315 e. The number of carboxylic acids is 1. The molecule has 22 heavy (non-hydrogen) atoms. The van der Waals surface area contributed by atoms with E-state index in [1.807, 2.05) is 0 Å². The Morgan fingerprint density at radius 3 is 2.41 bits per heavy atom. The number of hydrogen-bond acceptors (Lipinski definition) is 6. The maximum absolute atomic E-state index is 11.1. The van der Waals surface area contributed by atoms with E-state index in [0.29, 0.717) is 18.4 Å². The lowest BCUT2D eigenvalue weighted by atomic mass is 9.47. The second kappa shape index (κ2) is 6.04. The molecule has 4 bridgehead atoms. The lowest BCUT2D eigenvalue weighted by Gasteiger charge is -2.62. The van der Waals surface area contributed by atoms with E-state index in [1.165, 1.54) is 6.42 Å². The van der Waals surface area contributed by atoms with Crippen LogP contribution in [0, 0.1) is 17.3 Å². The van der Waals surface area contributed by atoms with Gasteiger partial charge in [0, 0.05) is 5.97 Å². The number of aliphatic carboxylic acids is 1. The summed E-state index contributed by atoms with van der Waals surface area (Å²) in [6.45, 7) is 0.615. The average Bonchev–Trinajstić information content (AvgIpc) is 2.40. The van der Waals surface area contributed by atoms with E-state index in [9.17, 15) is 14.7 Å². The van der Waals surface area contributed by atoms with E-state index in [1.54, 1.807) is 0 Å². The number of carbonyl (C=O) groups excluding carboxylic acids is 2. The lowest BCUT2D eigenvalue weighted by molar-refractivity contribution is -0.311. The number of thiol groups is 1. The first kappa shape index (κ1) is 16.1. The summed E-state index contributed by atoms with van der Waals surface area (Å²) in [6, 6.07) is 0. The van der Waals surface area contributed by atoms with Crippen LogP contribution in [0.2, 0.25) is 0 Å². The Bertz CT molecular complexity index is 449. The minimum atomic E-state index is -0.945. The van der Waals surface area contributed by atoms with Gasteiger partial charge >= 0.3 is 5.97 Å². The largest absolute Gasteiger partial charge is 0.550 e. The van der Waals surface area contributed by atoms with Gasteiger partial charge in [0.1, 0.15) is 6.61 Å². The summed E-state index contributed by atoms with van der Waals surface area (Å²) in [4.78, 5) is 22.2. The Morgan fingerprint density at radius 1 is 1.14 bits per heavy atom. The maximum Gasteiger partial charge on any atom is 0.315 e. The van der Waals surface area contributed by atoms with Gasteiger partial charge in [-0.2, -0.15) is 12.6 Å². The van der Waals surface area contributed by atoms with Crippen LogP contribution in [0.15, 0.2) is 0 Å². The number of carboxylic acid groups (broad SMARTS) is 1. The molecule has 5 nitrogen and oxygen atoms in total. The fourth-order valence-corrected chi connectivity index (χ4v) is 5.60. The van der Waals surface area contributed by atoms with Gasteiger partial charge in [-0.1, -0.05) is 0 Å². The number of ether oxygens (including phenoxy) is 2. The summed E-state index contributed by atoms with van der Waals surface area (Å²) < 4.78 is 11.1. The van der Waals surface area contributed by atoms with Crippen molar-refractivity contribution in [3.05, 3.63) is 0 Å². The van der Waals surface area contributed by atoms with Crippen molar-refractivity contribution in [1.82, 2.24) is 0 Å². The summed E-state index contributed by atoms with van der Waals surface area (Å²) in [6.07, 6.45) is 6.18. The predicted molar refractivity (Wildman–Crippen MR) is 80.2 cm³/mol. The molecule has 0 spiro atoms. The molecule has 0 aromatic carbocycles. The van der Waals surface area contributed by atoms with Crippen molar-refractivity contribution in [2.75, 3.05) is 19.0 Å². The van der Waals surface area contributed by atoms with Gasteiger partial charge in [-0.15, -0.1) is 0 Å². The van der Waals surface area contributed by atoms with Gasteiger partial charge in [0.15, 0.2) is 0 Å². The standard InChI is InChI=1S/C16H24O5S/c17-13(18)8-15-4-11-3-12(5-15)7-16(6-11,10-15)21-2-1-20-14(19)9-22/h11-12,22H,1-10H2,(H,17,18)/p-1. The third-order valence-corrected chi connectivity index (χ3v) is 5.79. The third-order valence-electron chi connectivity index (χ3n) is 5.53. The van der Waals surface area contributed by atoms with E-state index < -0.39 is 5.97 Å². The molecule has 4 fully saturated rings. The SMILES string of the molecule is O=C([O-])CC12CC3CC(C1)CC(OCCOC(=O)CS)(C3)C2.